The zero-order valence-corrected chi connectivity index (χ0v) is 12.8. The van der Waals surface area contributed by atoms with Crippen molar-refractivity contribution < 1.29 is 14.5 Å². The van der Waals surface area contributed by atoms with E-state index < -0.39 is 5.60 Å². The molecule has 1 amide bonds. The van der Waals surface area contributed by atoms with Crippen LogP contribution >= 0.6 is 0 Å². The third-order valence-corrected chi connectivity index (χ3v) is 3.37. The SMILES string of the molecule is CC(C)(C)OC(=O)N1CCCC(CCCC[N+](=O)[O-])C1. The Balaban J connectivity index is 2.31. The van der Waals surface area contributed by atoms with Crippen molar-refractivity contribution in [1.29, 1.82) is 0 Å². The van der Waals surface area contributed by atoms with Crippen LogP contribution < -0.4 is 0 Å². The Labute approximate surface area is 120 Å². The summed E-state index contributed by atoms with van der Waals surface area (Å²) in [6.07, 6.45) is 4.26. The van der Waals surface area contributed by atoms with Gasteiger partial charge in [0, 0.05) is 24.4 Å². The molecule has 6 heteroatoms. The summed E-state index contributed by atoms with van der Waals surface area (Å²) in [4.78, 5) is 23.8. The van der Waals surface area contributed by atoms with Gasteiger partial charge in [-0.25, -0.2) is 4.79 Å². The first kappa shape index (κ1) is 16.7. The second-order valence-electron chi connectivity index (χ2n) is 6.49. The van der Waals surface area contributed by atoms with Gasteiger partial charge in [0.25, 0.3) is 0 Å². The molecule has 1 heterocycles. The quantitative estimate of drug-likeness (QED) is 0.442. The number of rotatable bonds is 5. The van der Waals surface area contributed by atoms with Crippen LogP contribution in [0.3, 0.4) is 0 Å². The molecule has 1 atom stereocenters. The molecular formula is C14H26N2O4. The standard InChI is InChI=1S/C14H26N2O4/c1-14(2,3)20-13(17)15-9-6-8-12(11-15)7-4-5-10-16(18)19/h12H,4-11H2,1-3H3. The van der Waals surface area contributed by atoms with E-state index in [-0.39, 0.29) is 17.6 Å². The van der Waals surface area contributed by atoms with Gasteiger partial charge in [0.1, 0.15) is 5.60 Å². The summed E-state index contributed by atoms with van der Waals surface area (Å²) in [5, 5.41) is 10.3. The molecule has 20 heavy (non-hydrogen) atoms. The van der Waals surface area contributed by atoms with Crippen LogP contribution in [-0.4, -0.2) is 41.2 Å². The smallest absolute Gasteiger partial charge is 0.410 e. The lowest BCUT2D eigenvalue weighted by Gasteiger charge is -2.34. The van der Waals surface area contributed by atoms with E-state index in [4.69, 9.17) is 4.74 Å². The van der Waals surface area contributed by atoms with E-state index in [0.29, 0.717) is 18.9 Å². The zero-order valence-electron chi connectivity index (χ0n) is 12.8. The van der Waals surface area contributed by atoms with Crippen LogP contribution in [0.15, 0.2) is 0 Å². The Morgan fingerprint density at radius 3 is 2.70 bits per heavy atom. The summed E-state index contributed by atoms with van der Waals surface area (Å²) < 4.78 is 5.38. The molecule has 0 bridgehead atoms. The molecule has 1 aliphatic rings. The van der Waals surface area contributed by atoms with Gasteiger partial charge in [-0.1, -0.05) is 0 Å². The predicted octanol–water partition coefficient (Wildman–Crippen LogP) is 3.08. The van der Waals surface area contributed by atoms with Gasteiger partial charge in [-0.3, -0.25) is 10.1 Å². The predicted molar refractivity (Wildman–Crippen MR) is 76.2 cm³/mol. The summed E-state index contributed by atoms with van der Waals surface area (Å²) in [5.74, 6) is 0.447. The molecule has 0 aromatic rings. The monoisotopic (exact) mass is 286 g/mol. The third-order valence-electron chi connectivity index (χ3n) is 3.37. The van der Waals surface area contributed by atoms with Crippen molar-refractivity contribution in [3.05, 3.63) is 10.1 Å². The normalized spacial score (nSPS) is 19.8. The van der Waals surface area contributed by atoms with Crippen LogP contribution in [0.25, 0.3) is 0 Å². The zero-order chi connectivity index (χ0) is 15.2. The number of nitrogens with zero attached hydrogens (tertiary/aromatic N) is 2. The molecule has 0 spiro atoms. The van der Waals surface area contributed by atoms with Gasteiger partial charge >= 0.3 is 6.09 Å². The fourth-order valence-corrected chi connectivity index (χ4v) is 2.47. The molecule has 0 aliphatic carbocycles. The Bertz CT molecular complexity index is 339. The highest BCUT2D eigenvalue weighted by Crippen LogP contribution is 2.23. The number of likely N-dealkylation sites (tertiary alicyclic amines) is 1. The van der Waals surface area contributed by atoms with Gasteiger partial charge in [-0.15, -0.1) is 0 Å². The fraction of sp³-hybridized carbons (Fsp3) is 0.929. The summed E-state index contributed by atoms with van der Waals surface area (Å²) in [7, 11) is 0. The lowest BCUT2D eigenvalue weighted by atomic mass is 9.93. The number of ether oxygens (including phenoxy) is 1. The van der Waals surface area contributed by atoms with Gasteiger partial charge in [-0.05, 0) is 52.4 Å². The number of nitro groups is 1. The maximum atomic E-state index is 12.0. The van der Waals surface area contributed by atoms with E-state index in [1.807, 2.05) is 20.8 Å². The Hall–Kier alpha value is -1.33. The van der Waals surface area contributed by atoms with Crippen LogP contribution in [0.4, 0.5) is 4.79 Å². The number of piperidine rings is 1. The minimum atomic E-state index is -0.463. The number of hydrogen-bond acceptors (Lipinski definition) is 4. The Kier molecular flexibility index (Phi) is 6.23. The van der Waals surface area contributed by atoms with Crippen molar-refractivity contribution in [3.63, 3.8) is 0 Å². The van der Waals surface area contributed by atoms with E-state index in [2.05, 4.69) is 0 Å². The van der Waals surface area contributed by atoms with Gasteiger partial charge < -0.3 is 9.64 Å². The summed E-state index contributed by atoms with van der Waals surface area (Å²) >= 11 is 0. The average molecular weight is 286 g/mol. The largest absolute Gasteiger partial charge is 0.444 e. The molecule has 0 aromatic carbocycles. The highest BCUT2D eigenvalue weighted by Gasteiger charge is 2.27. The third kappa shape index (κ3) is 6.73. The summed E-state index contributed by atoms with van der Waals surface area (Å²) in [5.41, 5.74) is -0.463. The number of carbonyl (C=O) groups excluding carboxylic acids is 1. The molecule has 0 N–H and O–H groups in total. The molecule has 1 unspecified atom stereocenters. The molecule has 1 saturated heterocycles. The lowest BCUT2D eigenvalue weighted by Crippen LogP contribution is -2.42. The van der Waals surface area contributed by atoms with E-state index in [0.717, 1.165) is 32.2 Å². The van der Waals surface area contributed by atoms with E-state index >= 15 is 0 Å². The minimum Gasteiger partial charge on any atom is -0.444 e. The molecular weight excluding hydrogens is 260 g/mol. The van der Waals surface area contributed by atoms with Gasteiger partial charge in [0.15, 0.2) is 0 Å². The highest BCUT2D eigenvalue weighted by atomic mass is 16.6. The van der Waals surface area contributed by atoms with Crippen LogP contribution in [-0.2, 0) is 4.74 Å². The van der Waals surface area contributed by atoms with Crippen LogP contribution in [0, 0.1) is 16.0 Å². The topological polar surface area (TPSA) is 72.7 Å². The van der Waals surface area contributed by atoms with Crippen LogP contribution in [0.5, 0.6) is 0 Å². The lowest BCUT2D eigenvalue weighted by molar-refractivity contribution is -0.480. The maximum Gasteiger partial charge on any atom is 0.410 e. The second kappa shape index (κ2) is 7.45. The molecule has 0 saturated carbocycles. The summed E-state index contributed by atoms with van der Waals surface area (Å²) in [6.45, 7) is 7.11. The number of unbranched alkanes of at least 4 members (excludes halogenated alkanes) is 1. The molecule has 1 rings (SSSR count). The van der Waals surface area contributed by atoms with Gasteiger partial charge in [0.05, 0.1) is 0 Å². The highest BCUT2D eigenvalue weighted by molar-refractivity contribution is 5.68. The van der Waals surface area contributed by atoms with Crippen LogP contribution in [0.1, 0.15) is 52.9 Å². The average Bonchev–Trinajstić information content (AvgIpc) is 2.33. The Morgan fingerprint density at radius 1 is 1.40 bits per heavy atom. The van der Waals surface area contributed by atoms with E-state index in [1.165, 1.54) is 0 Å². The van der Waals surface area contributed by atoms with E-state index in [1.54, 1.807) is 4.90 Å². The fourth-order valence-electron chi connectivity index (χ4n) is 2.47. The molecule has 6 nitrogen and oxygen atoms in total. The van der Waals surface area contributed by atoms with Crippen molar-refractivity contribution in [1.82, 2.24) is 4.90 Å². The van der Waals surface area contributed by atoms with Crippen molar-refractivity contribution in [2.75, 3.05) is 19.6 Å². The molecule has 116 valence electrons. The second-order valence-corrected chi connectivity index (χ2v) is 6.49. The van der Waals surface area contributed by atoms with Crippen molar-refractivity contribution in [2.45, 2.75) is 58.5 Å². The van der Waals surface area contributed by atoms with Crippen molar-refractivity contribution in [2.24, 2.45) is 5.92 Å². The molecule has 1 aliphatic heterocycles. The molecule has 1 fully saturated rings. The maximum absolute atomic E-state index is 12.0. The minimum absolute atomic E-state index is 0.0441. The first-order valence-corrected chi connectivity index (χ1v) is 7.37. The summed E-state index contributed by atoms with van der Waals surface area (Å²) in [6, 6.07) is 0. The van der Waals surface area contributed by atoms with Crippen molar-refractivity contribution >= 4 is 6.09 Å². The Morgan fingerprint density at radius 2 is 2.10 bits per heavy atom. The molecule has 0 aromatic heterocycles. The van der Waals surface area contributed by atoms with Gasteiger partial charge in [-0.2, -0.15) is 0 Å². The van der Waals surface area contributed by atoms with Crippen molar-refractivity contribution in [3.8, 4) is 0 Å². The first-order chi connectivity index (χ1) is 9.28. The van der Waals surface area contributed by atoms with Crippen LogP contribution in [0.2, 0.25) is 0 Å². The number of carbonyl (C=O) groups is 1. The molecule has 0 radical (unpaired) electrons. The number of amides is 1. The van der Waals surface area contributed by atoms with Gasteiger partial charge in [0.2, 0.25) is 6.54 Å². The van der Waals surface area contributed by atoms with E-state index in [9.17, 15) is 14.9 Å². The first-order valence-electron chi connectivity index (χ1n) is 7.37. The number of hydrogen-bond donors (Lipinski definition) is 0.